The van der Waals surface area contributed by atoms with Crippen molar-refractivity contribution in [3.8, 4) is 0 Å². The SMILES string of the molecule is O[C@H](CCl)CN=Cc1ccco1. The zero-order valence-corrected chi connectivity index (χ0v) is 7.24. The standard InChI is InChI=1S/C8H10ClNO2/c9-4-7(11)5-10-6-8-2-1-3-12-8/h1-3,6-7,11H,4-5H2/t7-/m1/s1. The average Bonchev–Trinajstić information content (AvgIpc) is 2.57. The zero-order valence-electron chi connectivity index (χ0n) is 6.48. The predicted octanol–water partition coefficient (Wildman–Crippen LogP) is 1.30. The molecule has 0 aliphatic rings. The Morgan fingerprint density at radius 2 is 2.58 bits per heavy atom. The smallest absolute Gasteiger partial charge is 0.144 e. The largest absolute Gasteiger partial charge is 0.463 e. The number of nitrogens with zero attached hydrogens (tertiary/aromatic N) is 1. The molecule has 0 aliphatic heterocycles. The first-order valence-corrected chi connectivity index (χ1v) is 4.13. The highest BCUT2D eigenvalue weighted by Crippen LogP contribution is 1.95. The Labute approximate surface area is 75.7 Å². The summed E-state index contributed by atoms with van der Waals surface area (Å²) in [7, 11) is 0. The molecular weight excluding hydrogens is 178 g/mol. The maximum Gasteiger partial charge on any atom is 0.144 e. The molecule has 0 fully saturated rings. The van der Waals surface area contributed by atoms with Crippen LogP contribution in [0, 0.1) is 0 Å². The molecule has 0 unspecified atom stereocenters. The monoisotopic (exact) mass is 187 g/mol. The number of hydrogen-bond acceptors (Lipinski definition) is 3. The van der Waals surface area contributed by atoms with E-state index in [1.165, 1.54) is 0 Å². The molecule has 3 nitrogen and oxygen atoms in total. The third kappa shape index (κ3) is 3.07. The molecule has 0 aliphatic carbocycles. The summed E-state index contributed by atoms with van der Waals surface area (Å²) >= 11 is 5.37. The van der Waals surface area contributed by atoms with Gasteiger partial charge in [0.15, 0.2) is 0 Å². The molecule has 0 radical (unpaired) electrons. The van der Waals surface area contributed by atoms with Crippen LogP contribution in [0.3, 0.4) is 0 Å². The summed E-state index contributed by atoms with van der Waals surface area (Å²) in [5.41, 5.74) is 0. The molecule has 1 aromatic heterocycles. The third-order valence-corrected chi connectivity index (χ3v) is 1.61. The van der Waals surface area contributed by atoms with E-state index in [1.807, 2.05) is 0 Å². The van der Waals surface area contributed by atoms with Crippen LogP contribution in [-0.2, 0) is 0 Å². The fraction of sp³-hybridized carbons (Fsp3) is 0.375. The fourth-order valence-electron chi connectivity index (χ4n) is 0.678. The van der Waals surface area contributed by atoms with E-state index in [0.29, 0.717) is 12.3 Å². The molecule has 4 heteroatoms. The van der Waals surface area contributed by atoms with Gasteiger partial charge in [0, 0.05) is 0 Å². The van der Waals surface area contributed by atoms with Crippen LogP contribution in [0.4, 0.5) is 0 Å². The minimum absolute atomic E-state index is 0.204. The number of rotatable bonds is 4. The van der Waals surface area contributed by atoms with Gasteiger partial charge in [-0.3, -0.25) is 4.99 Å². The molecule has 0 bridgehead atoms. The molecule has 66 valence electrons. The number of aliphatic hydroxyl groups excluding tert-OH is 1. The van der Waals surface area contributed by atoms with Crippen molar-refractivity contribution < 1.29 is 9.52 Å². The fourth-order valence-corrected chi connectivity index (χ4v) is 0.775. The van der Waals surface area contributed by atoms with Gasteiger partial charge in [-0.05, 0) is 12.1 Å². The Morgan fingerprint density at radius 3 is 3.17 bits per heavy atom. The van der Waals surface area contributed by atoms with E-state index in [4.69, 9.17) is 21.1 Å². The summed E-state index contributed by atoms with van der Waals surface area (Å²) in [5.74, 6) is 0.881. The van der Waals surface area contributed by atoms with Crippen LogP contribution in [-0.4, -0.2) is 29.8 Å². The van der Waals surface area contributed by atoms with Gasteiger partial charge >= 0.3 is 0 Å². The Morgan fingerprint density at radius 1 is 1.75 bits per heavy atom. The van der Waals surface area contributed by atoms with Crippen molar-refractivity contribution in [2.24, 2.45) is 4.99 Å². The number of aliphatic imine (C=N–C) groups is 1. The molecule has 1 aromatic rings. The van der Waals surface area contributed by atoms with E-state index >= 15 is 0 Å². The lowest BCUT2D eigenvalue weighted by Crippen LogP contribution is -2.12. The summed E-state index contributed by atoms with van der Waals surface area (Å²) in [4.78, 5) is 3.93. The van der Waals surface area contributed by atoms with Gasteiger partial charge in [0.05, 0.1) is 31.0 Å². The molecule has 0 aromatic carbocycles. The lowest BCUT2D eigenvalue weighted by molar-refractivity contribution is 0.207. The van der Waals surface area contributed by atoms with Crippen LogP contribution in [0.15, 0.2) is 27.8 Å². The van der Waals surface area contributed by atoms with Gasteiger partial charge in [0.25, 0.3) is 0 Å². The number of aliphatic hydroxyl groups is 1. The van der Waals surface area contributed by atoms with Gasteiger partial charge < -0.3 is 9.52 Å². The number of halogens is 1. The molecule has 1 atom stereocenters. The molecule has 0 spiro atoms. The number of furan rings is 1. The first kappa shape index (κ1) is 9.29. The highest BCUT2D eigenvalue weighted by Gasteiger charge is 1.97. The zero-order chi connectivity index (χ0) is 8.81. The van der Waals surface area contributed by atoms with E-state index in [9.17, 15) is 0 Å². The van der Waals surface area contributed by atoms with Gasteiger partial charge in [-0.15, -0.1) is 11.6 Å². The second-order valence-corrected chi connectivity index (χ2v) is 2.63. The molecule has 1 N–H and O–H groups in total. The van der Waals surface area contributed by atoms with E-state index < -0.39 is 6.10 Å². The van der Waals surface area contributed by atoms with Crippen molar-refractivity contribution in [2.75, 3.05) is 12.4 Å². The van der Waals surface area contributed by atoms with E-state index in [0.717, 1.165) is 0 Å². The van der Waals surface area contributed by atoms with Crippen LogP contribution >= 0.6 is 11.6 Å². The molecule has 12 heavy (non-hydrogen) atoms. The number of hydrogen-bond donors (Lipinski definition) is 1. The first-order valence-electron chi connectivity index (χ1n) is 3.60. The molecule has 0 saturated heterocycles. The van der Waals surface area contributed by atoms with Crippen molar-refractivity contribution >= 4 is 17.8 Å². The Kier molecular flexibility index (Phi) is 3.84. The van der Waals surface area contributed by atoms with Crippen molar-refractivity contribution in [2.45, 2.75) is 6.10 Å². The van der Waals surface area contributed by atoms with Crippen LogP contribution in [0.25, 0.3) is 0 Å². The van der Waals surface area contributed by atoms with Crippen molar-refractivity contribution in [3.63, 3.8) is 0 Å². The maximum absolute atomic E-state index is 9.01. The molecule has 0 amide bonds. The Hall–Kier alpha value is -0.800. The average molecular weight is 188 g/mol. The maximum atomic E-state index is 9.01. The van der Waals surface area contributed by atoms with Crippen LogP contribution in [0.1, 0.15) is 5.76 Å². The lowest BCUT2D eigenvalue weighted by Gasteiger charge is -1.99. The lowest BCUT2D eigenvalue weighted by atomic mass is 10.4. The molecule has 0 saturated carbocycles. The van der Waals surface area contributed by atoms with Gasteiger partial charge in [0.2, 0.25) is 0 Å². The summed E-state index contributed by atoms with van der Waals surface area (Å²) in [6.07, 6.45) is 2.56. The van der Waals surface area contributed by atoms with E-state index in [2.05, 4.69) is 4.99 Å². The summed E-state index contributed by atoms with van der Waals surface area (Å²) < 4.78 is 4.99. The van der Waals surface area contributed by atoms with E-state index in [1.54, 1.807) is 24.6 Å². The third-order valence-electron chi connectivity index (χ3n) is 1.26. The first-order chi connectivity index (χ1) is 5.83. The summed E-state index contributed by atoms with van der Waals surface area (Å²) in [6, 6.07) is 3.57. The summed E-state index contributed by atoms with van der Waals surface area (Å²) in [6.45, 7) is 0.310. The normalized spacial score (nSPS) is 13.8. The molecular formula is C8H10ClNO2. The van der Waals surface area contributed by atoms with Crippen molar-refractivity contribution in [1.82, 2.24) is 0 Å². The van der Waals surface area contributed by atoms with Gasteiger partial charge in [0.1, 0.15) is 5.76 Å². The summed E-state index contributed by atoms with van der Waals surface area (Å²) in [5, 5.41) is 9.01. The van der Waals surface area contributed by atoms with E-state index in [-0.39, 0.29) is 5.88 Å². The minimum atomic E-state index is -0.571. The highest BCUT2D eigenvalue weighted by molar-refractivity contribution is 6.18. The van der Waals surface area contributed by atoms with Crippen molar-refractivity contribution in [3.05, 3.63) is 24.2 Å². The topological polar surface area (TPSA) is 45.7 Å². The molecule has 1 heterocycles. The second kappa shape index (κ2) is 4.95. The van der Waals surface area contributed by atoms with Crippen LogP contribution < -0.4 is 0 Å². The Bertz CT molecular complexity index is 233. The van der Waals surface area contributed by atoms with Gasteiger partial charge in [-0.25, -0.2) is 0 Å². The van der Waals surface area contributed by atoms with Gasteiger partial charge in [-0.1, -0.05) is 0 Å². The van der Waals surface area contributed by atoms with Crippen molar-refractivity contribution in [1.29, 1.82) is 0 Å². The van der Waals surface area contributed by atoms with Gasteiger partial charge in [-0.2, -0.15) is 0 Å². The predicted molar refractivity (Wildman–Crippen MR) is 47.9 cm³/mol. The molecule has 1 rings (SSSR count). The second-order valence-electron chi connectivity index (χ2n) is 2.32. The number of alkyl halides is 1. The van der Waals surface area contributed by atoms with Crippen LogP contribution in [0.2, 0.25) is 0 Å². The minimum Gasteiger partial charge on any atom is -0.463 e. The highest BCUT2D eigenvalue weighted by atomic mass is 35.5. The quantitative estimate of drug-likeness (QED) is 0.571. The Balaban J connectivity index is 2.32. The van der Waals surface area contributed by atoms with Crippen LogP contribution in [0.5, 0.6) is 0 Å².